The Balaban J connectivity index is 2.00. The van der Waals surface area contributed by atoms with Crippen LogP contribution in [0.15, 0.2) is 46.9 Å². The molecule has 2 N–H and O–H groups in total. The van der Waals surface area contributed by atoms with Crippen molar-refractivity contribution in [3.63, 3.8) is 0 Å². The number of fused-ring (bicyclic) bond motifs is 1. The second kappa shape index (κ2) is 8.49. The van der Waals surface area contributed by atoms with E-state index < -0.39 is 27.8 Å². The van der Waals surface area contributed by atoms with Gasteiger partial charge in [-0.3, -0.25) is 9.10 Å². The van der Waals surface area contributed by atoms with Gasteiger partial charge in [-0.1, -0.05) is 6.08 Å². The number of carbonyl (C=O) groups excluding carboxylic acids is 1. The van der Waals surface area contributed by atoms with Crippen molar-refractivity contribution in [2.75, 3.05) is 37.7 Å². The van der Waals surface area contributed by atoms with Crippen molar-refractivity contribution >= 4 is 44.3 Å². The summed E-state index contributed by atoms with van der Waals surface area (Å²) in [6.45, 7) is 0.211. The lowest BCUT2D eigenvalue weighted by Gasteiger charge is -2.21. The van der Waals surface area contributed by atoms with Gasteiger partial charge in [0.25, 0.3) is 5.91 Å². The summed E-state index contributed by atoms with van der Waals surface area (Å²) in [5.74, 6) is -0.690. The predicted octanol–water partition coefficient (Wildman–Crippen LogP) is 3.37. The molecule has 1 aromatic heterocycles. The van der Waals surface area contributed by atoms with Crippen molar-refractivity contribution in [3.05, 3.63) is 59.4 Å². The van der Waals surface area contributed by atoms with Crippen molar-refractivity contribution in [2.45, 2.75) is 0 Å². The van der Waals surface area contributed by atoms with Gasteiger partial charge in [-0.05, 0) is 35.9 Å². The number of rotatable bonds is 5. The van der Waals surface area contributed by atoms with E-state index >= 15 is 0 Å². The van der Waals surface area contributed by atoms with Crippen LogP contribution in [0.25, 0.3) is 27.9 Å². The van der Waals surface area contributed by atoms with Crippen LogP contribution in [0.5, 0.6) is 0 Å². The summed E-state index contributed by atoms with van der Waals surface area (Å²) < 4.78 is 45.3. The average molecular weight is 488 g/mol. The van der Waals surface area contributed by atoms with E-state index in [2.05, 4.69) is 5.32 Å². The smallest absolute Gasteiger partial charge is 0.407 e. The number of nitrogens with zero attached hydrogens (tertiary/aromatic N) is 2. The first kappa shape index (κ1) is 23.3. The van der Waals surface area contributed by atoms with Gasteiger partial charge in [0.15, 0.2) is 0 Å². The zero-order chi connectivity index (χ0) is 24.8. The number of sulfonamides is 1. The van der Waals surface area contributed by atoms with E-state index in [0.29, 0.717) is 22.1 Å². The van der Waals surface area contributed by atoms with Gasteiger partial charge in [-0.25, -0.2) is 17.6 Å². The summed E-state index contributed by atoms with van der Waals surface area (Å²) in [6, 6.07) is 8.59. The molecule has 0 atom stereocenters. The lowest BCUT2D eigenvalue weighted by molar-refractivity contribution is 0.0964. The monoisotopic (exact) mass is 487 g/mol. The zero-order valence-electron chi connectivity index (χ0n) is 18.6. The maximum atomic E-state index is 13.5. The second-order valence-electron chi connectivity index (χ2n) is 7.88. The number of amides is 2. The molecule has 2 amide bonds. The summed E-state index contributed by atoms with van der Waals surface area (Å²) in [5.41, 5.74) is 2.25. The molecule has 1 aliphatic heterocycles. The lowest BCUT2D eigenvalue weighted by Crippen LogP contribution is -2.28. The Bertz CT molecular complexity index is 1440. The van der Waals surface area contributed by atoms with Crippen LogP contribution in [-0.2, 0) is 10.0 Å². The van der Waals surface area contributed by atoms with Crippen LogP contribution in [0.1, 0.15) is 15.9 Å². The fraction of sp³-hybridized carbons (Fsp3) is 0.217. The van der Waals surface area contributed by atoms with E-state index in [1.54, 1.807) is 12.1 Å². The first-order valence-corrected chi connectivity index (χ1v) is 12.1. The molecule has 0 fully saturated rings. The van der Waals surface area contributed by atoms with Gasteiger partial charge in [0.05, 0.1) is 17.5 Å². The molecule has 0 spiro atoms. The molecule has 178 valence electrons. The number of carboxylic acid groups (broad SMARTS) is 1. The van der Waals surface area contributed by atoms with Crippen molar-refractivity contribution in [3.8, 4) is 11.3 Å². The molecule has 3 aromatic rings. The minimum Gasteiger partial charge on any atom is -0.465 e. The third-order valence-corrected chi connectivity index (χ3v) is 6.93. The van der Waals surface area contributed by atoms with Crippen LogP contribution in [0.4, 0.5) is 14.9 Å². The standard InChI is InChI=1S/C23H22FN3O6S/c1-25-22(28)20-17-10-16(14-8-9-27(12-14)23(29)30)18(26(2)34(3,31)32)11-19(17)33-21(20)13-4-6-15(24)7-5-13/h4-8,10-11H,9,12H2,1-3H3,(H,25,28)(H,29,30). The summed E-state index contributed by atoms with van der Waals surface area (Å²) in [4.78, 5) is 25.5. The quantitative estimate of drug-likeness (QED) is 0.569. The maximum absolute atomic E-state index is 13.5. The predicted molar refractivity (Wildman–Crippen MR) is 126 cm³/mol. The van der Waals surface area contributed by atoms with Crippen LogP contribution in [0, 0.1) is 5.82 Å². The molecule has 0 saturated carbocycles. The van der Waals surface area contributed by atoms with Gasteiger partial charge >= 0.3 is 6.09 Å². The fourth-order valence-corrected chi connectivity index (χ4v) is 4.39. The summed E-state index contributed by atoms with van der Waals surface area (Å²) >= 11 is 0. The van der Waals surface area contributed by atoms with E-state index in [-0.39, 0.29) is 35.7 Å². The second-order valence-corrected chi connectivity index (χ2v) is 9.89. The Morgan fingerprint density at radius 1 is 1.21 bits per heavy atom. The largest absolute Gasteiger partial charge is 0.465 e. The number of furan rings is 1. The highest BCUT2D eigenvalue weighted by molar-refractivity contribution is 7.92. The number of benzene rings is 2. The van der Waals surface area contributed by atoms with E-state index in [4.69, 9.17) is 4.42 Å². The fourth-order valence-electron chi connectivity index (χ4n) is 3.88. The molecule has 2 aromatic carbocycles. The highest BCUT2D eigenvalue weighted by Gasteiger charge is 2.28. The average Bonchev–Trinajstić information content (AvgIpc) is 3.42. The lowest BCUT2D eigenvalue weighted by atomic mass is 9.98. The van der Waals surface area contributed by atoms with Crippen LogP contribution in [0.3, 0.4) is 0 Å². The Morgan fingerprint density at radius 2 is 1.88 bits per heavy atom. The first-order valence-electron chi connectivity index (χ1n) is 10.2. The Hall–Kier alpha value is -3.86. The van der Waals surface area contributed by atoms with Gasteiger partial charge in [0.1, 0.15) is 17.2 Å². The van der Waals surface area contributed by atoms with E-state index in [1.807, 2.05) is 0 Å². The van der Waals surface area contributed by atoms with Crippen LogP contribution < -0.4 is 9.62 Å². The molecular weight excluding hydrogens is 465 g/mol. The number of hydrogen-bond acceptors (Lipinski definition) is 5. The van der Waals surface area contributed by atoms with Crippen LogP contribution >= 0.6 is 0 Å². The topological polar surface area (TPSA) is 120 Å². The molecule has 9 nitrogen and oxygen atoms in total. The van der Waals surface area contributed by atoms with Gasteiger partial charge < -0.3 is 19.7 Å². The molecular formula is C23H22FN3O6S. The number of hydrogen-bond donors (Lipinski definition) is 2. The molecule has 4 rings (SSSR count). The Morgan fingerprint density at radius 3 is 2.44 bits per heavy atom. The summed E-state index contributed by atoms with van der Waals surface area (Å²) in [6.07, 6.45) is 1.66. The SMILES string of the molecule is CNC(=O)c1c(-c2ccc(F)cc2)oc2cc(N(C)S(C)(=O)=O)c(C3=CCN(C(=O)O)C3)cc12. The number of carbonyl (C=O) groups is 2. The van der Waals surface area contributed by atoms with Crippen molar-refractivity contribution in [1.29, 1.82) is 0 Å². The van der Waals surface area contributed by atoms with Crippen molar-refractivity contribution in [1.82, 2.24) is 10.2 Å². The minimum absolute atomic E-state index is 0.0589. The maximum Gasteiger partial charge on any atom is 0.407 e. The molecule has 0 bridgehead atoms. The van der Waals surface area contributed by atoms with Crippen molar-refractivity contribution < 1.29 is 31.9 Å². The normalized spacial score (nSPS) is 13.8. The Labute approximate surface area is 195 Å². The van der Waals surface area contributed by atoms with Crippen LogP contribution in [-0.4, -0.2) is 63.9 Å². The molecule has 34 heavy (non-hydrogen) atoms. The van der Waals surface area contributed by atoms with Gasteiger partial charge in [-0.2, -0.15) is 0 Å². The van der Waals surface area contributed by atoms with Gasteiger partial charge in [0, 0.05) is 49.8 Å². The molecule has 0 aliphatic carbocycles. The van der Waals surface area contributed by atoms with Crippen LogP contribution in [0.2, 0.25) is 0 Å². The number of halogens is 1. The van der Waals surface area contributed by atoms with E-state index in [0.717, 1.165) is 10.6 Å². The first-order chi connectivity index (χ1) is 16.0. The molecule has 2 heterocycles. The zero-order valence-corrected chi connectivity index (χ0v) is 19.4. The molecule has 1 aliphatic rings. The Kier molecular flexibility index (Phi) is 5.82. The third-order valence-electron chi connectivity index (χ3n) is 5.74. The van der Waals surface area contributed by atoms with Gasteiger partial charge in [-0.15, -0.1) is 0 Å². The number of anilines is 1. The highest BCUT2D eigenvalue weighted by Crippen LogP contribution is 2.40. The summed E-state index contributed by atoms with van der Waals surface area (Å²) in [5, 5.41) is 12.3. The third kappa shape index (κ3) is 4.10. The summed E-state index contributed by atoms with van der Waals surface area (Å²) in [7, 11) is -0.826. The highest BCUT2D eigenvalue weighted by atomic mass is 32.2. The molecule has 11 heteroatoms. The van der Waals surface area contributed by atoms with E-state index in [9.17, 15) is 27.5 Å². The molecule has 0 unspecified atom stereocenters. The molecule has 0 saturated heterocycles. The molecule has 0 radical (unpaired) electrons. The van der Waals surface area contributed by atoms with Gasteiger partial charge in [0.2, 0.25) is 10.0 Å². The van der Waals surface area contributed by atoms with Crippen molar-refractivity contribution in [2.24, 2.45) is 0 Å². The van der Waals surface area contributed by atoms with E-state index in [1.165, 1.54) is 49.3 Å². The number of nitrogens with one attached hydrogen (secondary N) is 1. The minimum atomic E-state index is -3.67.